The van der Waals surface area contributed by atoms with E-state index < -0.39 is 8.32 Å². The van der Waals surface area contributed by atoms with Gasteiger partial charge in [-0.2, -0.15) is 0 Å². The van der Waals surface area contributed by atoms with E-state index in [-0.39, 0.29) is 6.10 Å². The van der Waals surface area contributed by atoms with Crippen molar-refractivity contribution in [1.82, 2.24) is 0 Å². The molecule has 0 saturated heterocycles. The van der Waals surface area contributed by atoms with E-state index in [1.54, 1.807) is 0 Å². The second-order valence-corrected chi connectivity index (χ2v) is 8.30. The molecule has 2 nitrogen and oxygen atoms in total. The maximum absolute atomic E-state index is 10.3. The third-order valence-corrected chi connectivity index (χ3v) is 7.58. The molecule has 3 heteroatoms. The molecule has 0 heterocycles. The molecule has 0 N–H and O–H groups in total. The van der Waals surface area contributed by atoms with E-state index in [0.717, 1.165) is 24.4 Å². The lowest BCUT2D eigenvalue weighted by atomic mass is 10.3. The maximum atomic E-state index is 10.3. The van der Waals surface area contributed by atoms with Crippen LogP contribution in [0.3, 0.4) is 0 Å². The Labute approximate surface area is 82.8 Å². The van der Waals surface area contributed by atoms with Gasteiger partial charge in [0.15, 0.2) is 8.32 Å². The van der Waals surface area contributed by atoms with Gasteiger partial charge in [0.05, 0.1) is 0 Å². The second kappa shape index (κ2) is 6.32. The first-order chi connectivity index (χ1) is 6.14. The first-order valence-corrected chi connectivity index (χ1v) is 7.78. The van der Waals surface area contributed by atoms with Gasteiger partial charge in [0.1, 0.15) is 6.29 Å². The molecule has 1 atom stereocenters. The standard InChI is InChI=1S/C10H22O2Si/c1-5-13(6-2,7-3)12-10(4)8-9-11/h9-10H,5-8H2,1-4H3/t10-/m0/s1. The Balaban J connectivity index is 4.14. The number of aldehydes is 1. The minimum Gasteiger partial charge on any atom is -0.414 e. The molecule has 78 valence electrons. The summed E-state index contributed by atoms with van der Waals surface area (Å²) < 4.78 is 6.03. The number of rotatable bonds is 7. The summed E-state index contributed by atoms with van der Waals surface area (Å²) in [6.45, 7) is 8.60. The summed E-state index contributed by atoms with van der Waals surface area (Å²) in [5, 5.41) is 0. The molecule has 0 unspecified atom stereocenters. The molecule has 0 aliphatic rings. The number of hydrogen-bond donors (Lipinski definition) is 0. The van der Waals surface area contributed by atoms with Crippen LogP contribution in [0.5, 0.6) is 0 Å². The zero-order chi connectivity index (χ0) is 10.3. The highest BCUT2D eigenvalue weighted by molar-refractivity contribution is 6.73. The Bertz CT molecular complexity index is 136. The van der Waals surface area contributed by atoms with Crippen molar-refractivity contribution in [1.29, 1.82) is 0 Å². The van der Waals surface area contributed by atoms with E-state index >= 15 is 0 Å². The van der Waals surface area contributed by atoms with Crippen molar-refractivity contribution in [2.45, 2.75) is 58.4 Å². The normalized spacial score (nSPS) is 14.2. The van der Waals surface area contributed by atoms with Crippen LogP contribution in [0, 0.1) is 0 Å². The Kier molecular flexibility index (Phi) is 6.25. The first-order valence-electron chi connectivity index (χ1n) is 5.25. The third kappa shape index (κ3) is 4.05. The maximum Gasteiger partial charge on any atom is 0.192 e. The molecule has 0 fully saturated rings. The van der Waals surface area contributed by atoms with Crippen molar-refractivity contribution in [3.63, 3.8) is 0 Å². The predicted molar refractivity (Wildman–Crippen MR) is 58.4 cm³/mol. The van der Waals surface area contributed by atoms with Crippen LogP contribution in [-0.4, -0.2) is 20.7 Å². The average molecular weight is 202 g/mol. The molecule has 0 radical (unpaired) electrons. The fourth-order valence-corrected chi connectivity index (χ4v) is 4.56. The van der Waals surface area contributed by atoms with Gasteiger partial charge >= 0.3 is 0 Å². The molecule has 0 rings (SSSR count). The van der Waals surface area contributed by atoms with Crippen LogP contribution in [0.2, 0.25) is 18.1 Å². The minimum atomic E-state index is -1.48. The van der Waals surface area contributed by atoms with Crippen LogP contribution in [0.25, 0.3) is 0 Å². The van der Waals surface area contributed by atoms with Gasteiger partial charge in [0, 0.05) is 12.5 Å². The Morgan fingerprint density at radius 1 is 1.23 bits per heavy atom. The summed E-state index contributed by atoms with van der Waals surface area (Å²) in [7, 11) is -1.48. The third-order valence-electron chi connectivity index (χ3n) is 2.81. The molecule has 0 aromatic rings. The highest BCUT2D eigenvalue weighted by atomic mass is 28.4. The highest BCUT2D eigenvalue weighted by Crippen LogP contribution is 2.23. The van der Waals surface area contributed by atoms with Gasteiger partial charge in [-0.25, -0.2) is 0 Å². The fraction of sp³-hybridized carbons (Fsp3) is 0.900. The van der Waals surface area contributed by atoms with Crippen LogP contribution >= 0.6 is 0 Å². The van der Waals surface area contributed by atoms with Gasteiger partial charge in [-0.1, -0.05) is 20.8 Å². The first kappa shape index (κ1) is 12.8. The van der Waals surface area contributed by atoms with Crippen LogP contribution in [0.1, 0.15) is 34.1 Å². The molecule has 0 aliphatic carbocycles. The lowest BCUT2D eigenvalue weighted by Crippen LogP contribution is -2.39. The highest BCUT2D eigenvalue weighted by Gasteiger charge is 2.30. The summed E-state index contributed by atoms with van der Waals surface area (Å²) >= 11 is 0. The van der Waals surface area contributed by atoms with Crippen LogP contribution < -0.4 is 0 Å². The molecule has 0 amide bonds. The van der Waals surface area contributed by atoms with Crippen molar-refractivity contribution >= 4 is 14.6 Å². The van der Waals surface area contributed by atoms with Gasteiger partial charge < -0.3 is 9.22 Å². The monoisotopic (exact) mass is 202 g/mol. The summed E-state index contributed by atoms with van der Waals surface area (Å²) in [6.07, 6.45) is 1.60. The average Bonchev–Trinajstić information content (AvgIpc) is 2.15. The summed E-state index contributed by atoms with van der Waals surface area (Å²) in [4.78, 5) is 10.3. The molecule has 0 aliphatic heterocycles. The van der Waals surface area contributed by atoms with Gasteiger partial charge in [-0.05, 0) is 25.1 Å². The smallest absolute Gasteiger partial charge is 0.192 e. The second-order valence-electron chi connectivity index (χ2n) is 3.57. The molecular formula is C10H22O2Si. The van der Waals surface area contributed by atoms with Crippen LogP contribution in [-0.2, 0) is 9.22 Å². The summed E-state index contributed by atoms with van der Waals surface area (Å²) in [5.41, 5.74) is 0. The van der Waals surface area contributed by atoms with Crippen molar-refractivity contribution < 1.29 is 9.22 Å². The van der Waals surface area contributed by atoms with Crippen LogP contribution in [0.4, 0.5) is 0 Å². The van der Waals surface area contributed by atoms with Gasteiger partial charge in [-0.3, -0.25) is 0 Å². The van der Waals surface area contributed by atoms with Gasteiger partial charge in [0.25, 0.3) is 0 Å². The van der Waals surface area contributed by atoms with Crippen molar-refractivity contribution in [2.75, 3.05) is 0 Å². The number of hydrogen-bond acceptors (Lipinski definition) is 2. The Hall–Kier alpha value is -0.153. The quantitative estimate of drug-likeness (QED) is 0.468. The van der Waals surface area contributed by atoms with Crippen molar-refractivity contribution in [3.8, 4) is 0 Å². The predicted octanol–water partition coefficient (Wildman–Crippen LogP) is 2.99. The summed E-state index contributed by atoms with van der Waals surface area (Å²) in [6, 6.07) is 3.47. The number of carbonyl (C=O) groups excluding carboxylic acids is 1. The molecule has 13 heavy (non-hydrogen) atoms. The number of carbonyl (C=O) groups is 1. The SMILES string of the molecule is CC[Si](CC)(CC)O[C@@H](C)CC=O. The topological polar surface area (TPSA) is 26.3 Å². The lowest BCUT2D eigenvalue weighted by Gasteiger charge is -2.31. The van der Waals surface area contributed by atoms with Gasteiger partial charge in [-0.15, -0.1) is 0 Å². The van der Waals surface area contributed by atoms with Gasteiger partial charge in [0.2, 0.25) is 0 Å². The van der Waals surface area contributed by atoms with E-state index in [1.807, 2.05) is 6.92 Å². The van der Waals surface area contributed by atoms with Crippen molar-refractivity contribution in [3.05, 3.63) is 0 Å². The van der Waals surface area contributed by atoms with E-state index in [1.165, 1.54) is 0 Å². The molecule has 0 saturated carbocycles. The van der Waals surface area contributed by atoms with Crippen molar-refractivity contribution in [2.24, 2.45) is 0 Å². The molecule has 0 aromatic heterocycles. The van der Waals surface area contributed by atoms with E-state index in [2.05, 4.69) is 20.8 Å². The molecule has 0 aromatic carbocycles. The minimum absolute atomic E-state index is 0.115. The fourth-order valence-electron chi connectivity index (χ4n) is 1.61. The van der Waals surface area contributed by atoms with Crippen LogP contribution in [0.15, 0.2) is 0 Å². The molecule has 0 spiro atoms. The zero-order valence-electron chi connectivity index (χ0n) is 9.30. The summed E-state index contributed by atoms with van der Waals surface area (Å²) in [5.74, 6) is 0. The lowest BCUT2D eigenvalue weighted by molar-refractivity contribution is -0.109. The molecular weight excluding hydrogens is 180 g/mol. The Morgan fingerprint density at radius 2 is 1.69 bits per heavy atom. The zero-order valence-corrected chi connectivity index (χ0v) is 10.3. The Morgan fingerprint density at radius 3 is 2.00 bits per heavy atom. The largest absolute Gasteiger partial charge is 0.414 e. The van der Waals surface area contributed by atoms with E-state index in [4.69, 9.17) is 4.43 Å². The van der Waals surface area contributed by atoms with E-state index in [0.29, 0.717) is 6.42 Å². The van der Waals surface area contributed by atoms with E-state index in [9.17, 15) is 4.79 Å². The molecule has 0 bridgehead atoms.